The monoisotopic (exact) mass is 385 g/mol. The number of carbonyl (C=O) groups excluding carboxylic acids is 1. The predicted octanol–water partition coefficient (Wildman–Crippen LogP) is 0.0634. The molecule has 9 heteroatoms. The molecule has 0 unspecified atom stereocenters. The van der Waals surface area contributed by atoms with Crippen LogP contribution in [0.4, 0.5) is 0 Å². The number of morpholine rings is 1. The van der Waals surface area contributed by atoms with Gasteiger partial charge in [-0.25, -0.2) is 13.1 Å². The Hall–Kier alpha value is -1.52. The normalized spacial score (nSPS) is 15.7. The Labute approximate surface area is 154 Å². The summed E-state index contributed by atoms with van der Waals surface area (Å²) in [5, 5.41) is 2.76. The van der Waals surface area contributed by atoms with Gasteiger partial charge in [0.1, 0.15) is 0 Å². The third-order valence-electron chi connectivity index (χ3n) is 4.06. The summed E-state index contributed by atoms with van der Waals surface area (Å²) in [6.45, 7) is 5.06. The van der Waals surface area contributed by atoms with Gasteiger partial charge in [-0.2, -0.15) is 0 Å². The zero-order valence-corrected chi connectivity index (χ0v) is 15.9. The van der Waals surface area contributed by atoms with Crippen LogP contribution in [0.25, 0.3) is 0 Å². The Kier molecular flexibility index (Phi) is 8.46. The minimum absolute atomic E-state index is 0.149. The number of hydrogen-bond donors (Lipinski definition) is 2. The highest BCUT2D eigenvalue weighted by molar-refractivity contribution is 7.89. The summed E-state index contributed by atoms with van der Waals surface area (Å²) in [6.07, 6.45) is 0.724. The average Bonchev–Trinajstić information content (AvgIpc) is 2.66. The van der Waals surface area contributed by atoms with Gasteiger partial charge in [-0.15, -0.1) is 0 Å². The van der Waals surface area contributed by atoms with E-state index in [0.29, 0.717) is 45.0 Å². The van der Waals surface area contributed by atoms with Crippen molar-refractivity contribution in [3.63, 3.8) is 0 Å². The smallest absolute Gasteiger partial charge is 0.251 e. The van der Waals surface area contributed by atoms with Gasteiger partial charge in [-0.3, -0.25) is 9.69 Å². The number of sulfonamides is 1. The zero-order valence-electron chi connectivity index (χ0n) is 15.1. The van der Waals surface area contributed by atoms with Crippen molar-refractivity contribution in [3.8, 4) is 0 Å². The summed E-state index contributed by atoms with van der Waals surface area (Å²) >= 11 is 0. The number of carbonyl (C=O) groups is 1. The molecule has 0 aromatic heterocycles. The maximum Gasteiger partial charge on any atom is 0.251 e. The molecule has 1 amide bonds. The second-order valence-corrected chi connectivity index (χ2v) is 7.75. The number of ether oxygens (including phenoxy) is 2. The fourth-order valence-electron chi connectivity index (χ4n) is 2.55. The number of nitrogens with one attached hydrogen (secondary N) is 2. The van der Waals surface area contributed by atoms with Crippen molar-refractivity contribution < 1.29 is 22.7 Å². The van der Waals surface area contributed by atoms with Crippen LogP contribution in [0, 0.1) is 0 Å². The molecule has 1 aliphatic rings. The Morgan fingerprint density at radius 1 is 1.19 bits per heavy atom. The first-order valence-corrected chi connectivity index (χ1v) is 10.2. The molecule has 1 heterocycles. The molecule has 1 fully saturated rings. The van der Waals surface area contributed by atoms with Gasteiger partial charge >= 0.3 is 0 Å². The van der Waals surface area contributed by atoms with Crippen molar-refractivity contribution in [2.45, 2.75) is 11.3 Å². The van der Waals surface area contributed by atoms with Gasteiger partial charge in [-0.05, 0) is 30.7 Å². The van der Waals surface area contributed by atoms with Crippen molar-refractivity contribution in [1.82, 2.24) is 14.9 Å². The highest BCUT2D eigenvalue weighted by atomic mass is 32.2. The minimum Gasteiger partial charge on any atom is -0.385 e. The lowest BCUT2D eigenvalue weighted by Crippen LogP contribution is -2.41. The van der Waals surface area contributed by atoms with Crippen molar-refractivity contribution in [2.75, 3.05) is 59.7 Å². The van der Waals surface area contributed by atoms with Crippen LogP contribution in [0.5, 0.6) is 0 Å². The third kappa shape index (κ3) is 6.65. The second kappa shape index (κ2) is 10.6. The zero-order chi connectivity index (χ0) is 18.8. The number of nitrogens with zero attached hydrogens (tertiary/aromatic N) is 1. The molecule has 0 bridgehead atoms. The van der Waals surface area contributed by atoms with Crippen LogP contribution >= 0.6 is 0 Å². The van der Waals surface area contributed by atoms with Gasteiger partial charge in [0.15, 0.2) is 0 Å². The van der Waals surface area contributed by atoms with Crippen molar-refractivity contribution in [1.29, 1.82) is 0 Å². The molecule has 1 saturated heterocycles. The molecule has 26 heavy (non-hydrogen) atoms. The second-order valence-electron chi connectivity index (χ2n) is 5.98. The summed E-state index contributed by atoms with van der Waals surface area (Å²) in [5.74, 6) is -0.231. The molecular formula is C17H27N3O5S. The van der Waals surface area contributed by atoms with Gasteiger partial charge < -0.3 is 14.8 Å². The van der Waals surface area contributed by atoms with Crippen LogP contribution in [-0.4, -0.2) is 78.9 Å². The molecule has 1 aromatic carbocycles. The maximum absolute atomic E-state index is 12.3. The Balaban J connectivity index is 1.82. The largest absolute Gasteiger partial charge is 0.385 e. The fraction of sp³-hybridized carbons (Fsp3) is 0.588. The van der Waals surface area contributed by atoms with Crippen LogP contribution in [0.1, 0.15) is 16.8 Å². The van der Waals surface area contributed by atoms with Crippen LogP contribution in [0.3, 0.4) is 0 Å². The van der Waals surface area contributed by atoms with Gasteiger partial charge in [0.05, 0.1) is 18.1 Å². The molecule has 0 radical (unpaired) electrons. The van der Waals surface area contributed by atoms with Crippen LogP contribution in [-0.2, 0) is 19.5 Å². The number of amides is 1. The first-order chi connectivity index (χ1) is 12.5. The molecule has 2 rings (SSSR count). The summed E-state index contributed by atoms with van der Waals surface area (Å²) in [7, 11) is -1.98. The topological polar surface area (TPSA) is 97.0 Å². The van der Waals surface area contributed by atoms with E-state index in [0.717, 1.165) is 19.5 Å². The molecule has 146 valence electrons. The van der Waals surface area contributed by atoms with E-state index >= 15 is 0 Å². The van der Waals surface area contributed by atoms with Crippen LogP contribution in [0.2, 0.25) is 0 Å². The highest BCUT2D eigenvalue weighted by Gasteiger charge is 2.16. The van der Waals surface area contributed by atoms with E-state index < -0.39 is 10.0 Å². The van der Waals surface area contributed by atoms with Crippen molar-refractivity contribution in [2.24, 2.45) is 0 Å². The molecule has 1 aromatic rings. The lowest BCUT2D eigenvalue weighted by molar-refractivity contribution is 0.0390. The fourth-order valence-corrected chi connectivity index (χ4v) is 3.57. The Morgan fingerprint density at radius 2 is 1.88 bits per heavy atom. The third-order valence-corrected chi connectivity index (χ3v) is 5.54. The van der Waals surface area contributed by atoms with Gasteiger partial charge in [-0.1, -0.05) is 0 Å². The molecule has 0 saturated carbocycles. The molecule has 0 atom stereocenters. The highest BCUT2D eigenvalue weighted by Crippen LogP contribution is 2.10. The van der Waals surface area contributed by atoms with Crippen molar-refractivity contribution in [3.05, 3.63) is 29.8 Å². The van der Waals surface area contributed by atoms with Gasteiger partial charge in [0.2, 0.25) is 10.0 Å². The number of hydrogen-bond acceptors (Lipinski definition) is 6. The first kappa shape index (κ1) is 20.8. The average molecular weight is 385 g/mol. The maximum atomic E-state index is 12.3. The molecule has 0 spiro atoms. The number of benzene rings is 1. The van der Waals surface area contributed by atoms with Gasteiger partial charge in [0, 0.05) is 52.0 Å². The summed E-state index contributed by atoms with van der Waals surface area (Å²) in [6, 6.07) is 5.92. The SMILES string of the molecule is COCCCNC(=O)c1ccc(S(=O)(=O)NCCN2CCOCC2)cc1. The van der Waals surface area contributed by atoms with E-state index in [4.69, 9.17) is 9.47 Å². The Morgan fingerprint density at radius 3 is 2.54 bits per heavy atom. The number of methoxy groups -OCH3 is 1. The predicted molar refractivity (Wildman–Crippen MR) is 97.7 cm³/mol. The molecule has 8 nitrogen and oxygen atoms in total. The number of rotatable bonds is 10. The van der Waals surface area contributed by atoms with E-state index in [2.05, 4.69) is 14.9 Å². The summed E-state index contributed by atoms with van der Waals surface area (Å²) in [5.41, 5.74) is 0.426. The van der Waals surface area contributed by atoms with E-state index in [1.807, 2.05) is 0 Å². The molecule has 2 N–H and O–H groups in total. The summed E-state index contributed by atoms with van der Waals surface area (Å²) in [4.78, 5) is 14.3. The van der Waals surface area contributed by atoms with Crippen LogP contribution < -0.4 is 10.0 Å². The van der Waals surface area contributed by atoms with E-state index in [1.54, 1.807) is 7.11 Å². The first-order valence-electron chi connectivity index (χ1n) is 8.70. The van der Waals surface area contributed by atoms with E-state index in [1.165, 1.54) is 24.3 Å². The Bertz CT molecular complexity index is 657. The lowest BCUT2D eigenvalue weighted by atomic mass is 10.2. The van der Waals surface area contributed by atoms with Gasteiger partial charge in [0.25, 0.3) is 5.91 Å². The molecular weight excluding hydrogens is 358 g/mol. The molecule has 1 aliphatic heterocycles. The molecule has 0 aliphatic carbocycles. The standard InChI is InChI=1S/C17H27N3O5S/c1-24-12-2-7-18-17(21)15-3-5-16(6-4-15)26(22,23)19-8-9-20-10-13-25-14-11-20/h3-6,19H,2,7-14H2,1H3,(H,18,21). The van der Waals surface area contributed by atoms with E-state index in [-0.39, 0.29) is 10.8 Å². The van der Waals surface area contributed by atoms with Crippen LogP contribution in [0.15, 0.2) is 29.2 Å². The minimum atomic E-state index is -3.58. The quantitative estimate of drug-likeness (QED) is 0.553. The van der Waals surface area contributed by atoms with Crippen molar-refractivity contribution >= 4 is 15.9 Å². The van der Waals surface area contributed by atoms with E-state index in [9.17, 15) is 13.2 Å². The summed E-state index contributed by atoms with van der Waals surface area (Å²) < 4.78 is 37.4. The lowest BCUT2D eigenvalue weighted by Gasteiger charge is -2.26.